The molecule has 0 atom stereocenters. The van der Waals surface area contributed by atoms with Crippen molar-refractivity contribution in [1.29, 1.82) is 0 Å². The second-order valence-corrected chi connectivity index (χ2v) is 5.86. The predicted molar refractivity (Wildman–Crippen MR) is 85.7 cm³/mol. The summed E-state index contributed by atoms with van der Waals surface area (Å²) in [5.41, 5.74) is 2.27. The third-order valence-corrected chi connectivity index (χ3v) is 4.08. The fourth-order valence-electron chi connectivity index (χ4n) is 2.07. The van der Waals surface area contributed by atoms with Crippen molar-refractivity contribution in [3.63, 3.8) is 0 Å². The van der Waals surface area contributed by atoms with Crippen LogP contribution >= 0.6 is 11.3 Å². The molecule has 108 valence electrons. The Morgan fingerprint density at radius 3 is 2.60 bits per heavy atom. The summed E-state index contributed by atoms with van der Waals surface area (Å²) in [5.74, 6) is 0.913. The molecule has 1 aromatic carbocycles. The molecule has 20 heavy (non-hydrogen) atoms. The first-order valence-electron chi connectivity index (χ1n) is 7.14. The minimum atomic E-state index is 0.698. The van der Waals surface area contributed by atoms with Crippen molar-refractivity contribution in [2.24, 2.45) is 0 Å². The Hall–Kier alpha value is -1.39. The largest absolute Gasteiger partial charge is 0.494 e. The van der Waals surface area contributed by atoms with Crippen molar-refractivity contribution >= 4 is 11.3 Å². The minimum absolute atomic E-state index is 0.698. The molecule has 0 spiro atoms. The number of rotatable bonds is 7. The van der Waals surface area contributed by atoms with Crippen molar-refractivity contribution < 1.29 is 4.74 Å². The standard InChI is InChI=1S/C16H22N2OS/c1-4-17-11-10-15-18-16(12(3)20-15)13-6-8-14(9-7-13)19-5-2/h6-9,17H,4-5,10-11H2,1-3H3. The van der Waals surface area contributed by atoms with Gasteiger partial charge in [0.1, 0.15) is 5.75 Å². The molecule has 0 amide bonds. The second-order valence-electron chi connectivity index (χ2n) is 4.57. The molecule has 0 aliphatic carbocycles. The number of hydrogen-bond donors (Lipinski definition) is 1. The molecule has 2 aromatic rings. The fraction of sp³-hybridized carbons (Fsp3) is 0.438. The lowest BCUT2D eigenvalue weighted by Crippen LogP contribution is -2.15. The summed E-state index contributed by atoms with van der Waals surface area (Å²) in [6.07, 6.45) is 0.996. The predicted octanol–water partition coefficient (Wildman–Crippen LogP) is 3.67. The van der Waals surface area contributed by atoms with E-state index in [1.54, 1.807) is 11.3 Å². The van der Waals surface area contributed by atoms with Gasteiger partial charge in [-0.1, -0.05) is 6.92 Å². The molecule has 0 aliphatic heterocycles. The van der Waals surface area contributed by atoms with Crippen molar-refractivity contribution in [2.45, 2.75) is 27.2 Å². The Bertz CT molecular complexity index is 534. The Morgan fingerprint density at radius 2 is 1.95 bits per heavy atom. The molecule has 4 heteroatoms. The topological polar surface area (TPSA) is 34.2 Å². The van der Waals surface area contributed by atoms with E-state index >= 15 is 0 Å². The number of nitrogens with one attached hydrogen (secondary N) is 1. The van der Waals surface area contributed by atoms with E-state index in [-0.39, 0.29) is 0 Å². The Balaban J connectivity index is 2.11. The first-order chi connectivity index (χ1) is 9.74. The molecule has 0 fully saturated rings. The van der Waals surface area contributed by atoms with Gasteiger partial charge >= 0.3 is 0 Å². The Kier molecular flexibility index (Phi) is 5.56. The van der Waals surface area contributed by atoms with Gasteiger partial charge < -0.3 is 10.1 Å². The zero-order chi connectivity index (χ0) is 14.4. The summed E-state index contributed by atoms with van der Waals surface area (Å²) < 4.78 is 5.47. The fourth-order valence-corrected chi connectivity index (χ4v) is 3.03. The maximum Gasteiger partial charge on any atom is 0.119 e. The van der Waals surface area contributed by atoms with Gasteiger partial charge in [0, 0.05) is 23.4 Å². The Labute approximate surface area is 125 Å². The Morgan fingerprint density at radius 1 is 1.20 bits per heavy atom. The molecular formula is C16H22N2OS. The highest BCUT2D eigenvalue weighted by atomic mass is 32.1. The smallest absolute Gasteiger partial charge is 0.119 e. The summed E-state index contributed by atoms with van der Waals surface area (Å²) in [6, 6.07) is 8.19. The first kappa shape index (κ1) is 15.0. The number of ether oxygens (including phenoxy) is 1. The number of aryl methyl sites for hydroxylation is 1. The molecule has 1 N–H and O–H groups in total. The van der Waals surface area contributed by atoms with Crippen LogP contribution in [0, 0.1) is 6.92 Å². The van der Waals surface area contributed by atoms with Gasteiger partial charge in [0.05, 0.1) is 17.3 Å². The van der Waals surface area contributed by atoms with Gasteiger partial charge in [0.25, 0.3) is 0 Å². The monoisotopic (exact) mass is 290 g/mol. The summed E-state index contributed by atoms with van der Waals surface area (Å²) in [4.78, 5) is 6.04. The van der Waals surface area contributed by atoms with E-state index in [9.17, 15) is 0 Å². The van der Waals surface area contributed by atoms with E-state index in [2.05, 4.69) is 31.3 Å². The van der Waals surface area contributed by atoms with Gasteiger partial charge in [-0.25, -0.2) is 4.98 Å². The van der Waals surface area contributed by atoms with Crippen LogP contribution in [-0.2, 0) is 6.42 Å². The third-order valence-electron chi connectivity index (χ3n) is 3.05. The molecule has 0 aliphatic rings. The van der Waals surface area contributed by atoms with Crippen LogP contribution in [-0.4, -0.2) is 24.7 Å². The van der Waals surface area contributed by atoms with Crippen LogP contribution in [0.5, 0.6) is 5.75 Å². The summed E-state index contributed by atoms with van der Waals surface area (Å²) >= 11 is 1.79. The van der Waals surface area contributed by atoms with Gasteiger partial charge in [-0.3, -0.25) is 0 Å². The van der Waals surface area contributed by atoms with E-state index in [1.165, 1.54) is 9.88 Å². The lowest BCUT2D eigenvalue weighted by Gasteiger charge is -2.04. The first-order valence-corrected chi connectivity index (χ1v) is 7.96. The highest BCUT2D eigenvalue weighted by Gasteiger charge is 2.09. The summed E-state index contributed by atoms with van der Waals surface area (Å²) in [5, 5.41) is 4.54. The number of thiazole rings is 1. The van der Waals surface area contributed by atoms with Crippen molar-refractivity contribution in [2.75, 3.05) is 19.7 Å². The summed E-state index contributed by atoms with van der Waals surface area (Å²) in [7, 11) is 0. The lowest BCUT2D eigenvalue weighted by atomic mass is 10.1. The maximum atomic E-state index is 5.47. The van der Waals surface area contributed by atoms with Crippen molar-refractivity contribution in [1.82, 2.24) is 10.3 Å². The van der Waals surface area contributed by atoms with Gasteiger partial charge in [0.2, 0.25) is 0 Å². The molecule has 3 nitrogen and oxygen atoms in total. The SMILES string of the molecule is CCNCCc1nc(-c2ccc(OCC)cc2)c(C)s1. The second kappa shape index (κ2) is 7.41. The zero-order valence-electron chi connectivity index (χ0n) is 12.4. The summed E-state index contributed by atoms with van der Waals surface area (Å²) in [6.45, 7) is 8.96. The van der Waals surface area contributed by atoms with Crippen LogP contribution in [0.25, 0.3) is 11.3 Å². The molecule has 0 saturated carbocycles. The molecule has 0 bridgehead atoms. The molecule has 0 saturated heterocycles. The zero-order valence-corrected chi connectivity index (χ0v) is 13.2. The lowest BCUT2D eigenvalue weighted by molar-refractivity contribution is 0.340. The van der Waals surface area contributed by atoms with Crippen LogP contribution in [0.15, 0.2) is 24.3 Å². The maximum absolute atomic E-state index is 5.47. The molecular weight excluding hydrogens is 268 g/mol. The van der Waals surface area contributed by atoms with Gasteiger partial charge in [-0.2, -0.15) is 0 Å². The quantitative estimate of drug-likeness (QED) is 0.790. The van der Waals surface area contributed by atoms with Gasteiger partial charge in [0.15, 0.2) is 0 Å². The van der Waals surface area contributed by atoms with Crippen molar-refractivity contribution in [3.8, 4) is 17.0 Å². The van der Waals surface area contributed by atoms with E-state index in [4.69, 9.17) is 9.72 Å². The average molecular weight is 290 g/mol. The molecule has 0 unspecified atom stereocenters. The molecule has 1 heterocycles. The number of nitrogens with zero attached hydrogens (tertiary/aromatic N) is 1. The van der Waals surface area contributed by atoms with E-state index in [0.29, 0.717) is 6.61 Å². The van der Waals surface area contributed by atoms with Crippen LogP contribution in [0.3, 0.4) is 0 Å². The van der Waals surface area contributed by atoms with Crippen LogP contribution < -0.4 is 10.1 Å². The molecule has 1 aromatic heterocycles. The van der Waals surface area contributed by atoms with Crippen LogP contribution in [0.4, 0.5) is 0 Å². The van der Waals surface area contributed by atoms with Gasteiger partial charge in [-0.05, 0) is 44.7 Å². The van der Waals surface area contributed by atoms with E-state index in [0.717, 1.165) is 36.5 Å². The highest BCUT2D eigenvalue weighted by molar-refractivity contribution is 7.12. The van der Waals surface area contributed by atoms with E-state index in [1.807, 2.05) is 19.1 Å². The number of benzene rings is 1. The minimum Gasteiger partial charge on any atom is -0.494 e. The van der Waals surface area contributed by atoms with Crippen LogP contribution in [0.1, 0.15) is 23.7 Å². The third kappa shape index (κ3) is 3.81. The van der Waals surface area contributed by atoms with E-state index < -0.39 is 0 Å². The van der Waals surface area contributed by atoms with Gasteiger partial charge in [-0.15, -0.1) is 11.3 Å². The molecule has 0 radical (unpaired) electrons. The van der Waals surface area contributed by atoms with Crippen molar-refractivity contribution in [3.05, 3.63) is 34.2 Å². The normalized spacial score (nSPS) is 10.8. The average Bonchev–Trinajstić information content (AvgIpc) is 2.82. The molecule has 2 rings (SSSR count). The number of hydrogen-bond acceptors (Lipinski definition) is 4. The number of likely N-dealkylation sites (N-methyl/N-ethyl adjacent to an activating group) is 1. The van der Waals surface area contributed by atoms with Crippen LogP contribution in [0.2, 0.25) is 0 Å². The highest BCUT2D eigenvalue weighted by Crippen LogP contribution is 2.29. The number of aromatic nitrogens is 1.